The molecule has 5 aromatic rings. The fourth-order valence-corrected chi connectivity index (χ4v) is 7.11. The largest absolute Gasteiger partial charge is 0.314 e. The number of rotatable bonds is 5. The Balaban J connectivity index is 1.32. The van der Waals surface area contributed by atoms with Crippen LogP contribution in [-0.2, 0) is 6.42 Å². The monoisotopic (exact) mass is 507 g/mol. The normalized spacial score (nSPS) is 14.6. The summed E-state index contributed by atoms with van der Waals surface area (Å²) < 4.78 is 1.40. The first kappa shape index (κ1) is 23.0. The SMILES string of the molecule is C1=Cc2c(sc3c(-c4cccc(N(C5=CC=C(c6ccccc6)CC5)c5ccccc5)c4)cccc23)CC1. The van der Waals surface area contributed by atoms with E-state index in [9.17, 15) is 0 Å². The summed E-state index contributed by atoms with van der Waals surface area (Å²) in [5.74, 6) is 0. The fourth-order valence-electron chi connectivity index (χ4n) is 5.77. The number of thiophene rings is 1. The van der Waals surface area contributed by atoms with Gasteiger partial charge in [-0.2, -0.15) is 0 Å². The molecular weight excluding hydrogens is 478 g/mol. The average Bonchev–Trinajstić information content (AvgIpc) is 3.38. The summed E-state index contributed by atoms with van der Waals surface area (Å²) in [6, 6.07) is 37.4. The minimum absolute atomic E-state index is 0.999. The highest BCUT2D eigenvalue weighted by Gasteiger charge is 2.20. The summed E-state index contributed by atoms with van der Waals surface area (Å²) in [7, 11) is 0. The number of allylic oxidation sites excluding steroid dienone is 5. The number of aryl methyl sites for hydroxylation is 1. The number of para-hydroxylation sites is 1. The third-order valence-electron chi connectivity index (χ3n) is 7.64. The third kappa shape index (κ3) is 4.21. The molecule has 0 saturated heterocycles. The molecule has 38 heavy (non-hydrogen) atoms. The Hall–Kier alpha value is -4.14. The second-order valence-corrected chi connectivity index (χ2v) is 11.1. The van der Waals surface area contributed by atoms with Crippen LogP contribution in [0.3, 0.4) is 0 Å². The van der Waals surface area contributed by atoms with Crippen molar-refractivity contribution in [1.82, 2.24) is 0 Å². The van der Waals surface area contributed by atoms with Gasteiger partial charge in [-0.1, -0.05) is 97.1 Å². The molecular formula is C36H29NS. The van der Waals surface area contributed by atoms with Crippen molar-refractivity contribution >= 4 is 44.4 Å². The highest BCUT2D eigenvalue weighted by atomic mass is 32.1. The zero-order chi connectivity index (χ0) is 25.3. The topological polar surface area (TPSA) is 3.24 Å². The Bertz CT molecular complexity index is 1700. The highest BCUT2D eigenvalue weighted by molar-refractivity contribution is 7.20. The molecule has 0 N–H and O–H groups in total. The van der Waals surface area contributed by atoms with Crippen molar-refractivity contribution in [1.29, 1.82) is 0 Å². The summed E-state index contributed by atoms with van der Waals surface area (Å²) in [5.41, 5.74) is 10.5. The lowest BCUT2D eigenvalue weighted by atomic mass is 9.94. The predicted octanol–water partition coefficient (Wildman–Crippen LogP) is 10.4. The van der Waals surface area contributed by atoms with Crippen LogP contribution >= 0.6 is 11.3 Å². The molecule has 0 radical (unpaired) electrons. The van der Waals surface area contributed by atoms with E-state index in [0.717, 1.165) is 25.7 Å². The lowest BCUT2D eigenvalue weighted by molar-refractivity contribution is 0.930. The van der Waals surface area contributed by atoms with Crippen molar-refractivity contribution in [3.8, 4) is 11.1 Å². The maximum absolute atomic E-state index is 2.43. The molecule has 0 unspecified atom stereocenters. The maximum Gasteiger partial charge on any atom is 0.0464 e. The minimum atomic E-state index is 0.999. The Kier molecular flexibility index (Phi) is 6.03. The van der Waals surface area contributed by atoms with E-state index < -0.39 is 0 Å². The van der Waals surface area contributed by atoms with Crippen molar-refractivity contribution < 1.29 is 0 Å². The van der Waals surface area contributed by atoms with Crippen molar-refractivity contribution in [3.05, 3.63) is 143 Å². The quantitative estimate of drug-likeness (QED) is 0.229. The Morgan fingerprint density at radius 2 is 1.39 bits per heavy atom. The van der Waals surface area contributed by atoms with Gasteiger partial charge in [0.05, 0.1) is 0 Å². The first-order valence-electron chi connectivity index (χ1n) is 13.5. The number of hydrogen-bond donors (Lipinski definition) is 0. The van der Waals surface area contributed by atoms with Crippen molar-refractivity contribution in [2.45, 2.75) is 25.7 Å². The van der Waals surface area contributed by atoms with E-state index in [0.29, 0.717) is 0 Å². The summed E-state index contributed by atoms with van der Waals surface area (Å²) in [5, 5.41) is 1.39. The predicted molar refractivity (Wildman–Crippen MR) is 165 cm³/mol. The summed E-state index contributed by atoms with van der Waals surface area (Å²) in [6.07, 6.45) is 13.6. The Morgan fingerprint density at radius 3 is 2.21 bits per heavy atom. The number of benzene rings is 4. The first-order chi connectivity index (χ1) is 18.8. The van der Waals surface area contributed by atoms with E-state index in [1.54, 1.807) is 0 Å². The zero-order valence-electron chi connectivity index (χ0n) is 21.3. The molecule has 0 fully saturated rings. The van der Waals surface area contributed by atoms with Crippen LogP contribution in [0.4, 0.5) is 11.4 Å². The van der Waals surface area contributed by atoms with Crippen LogP contribution in [0.2, 0.25) is 0 Å². The molecule has 1 heterocycles. The molecule has 0 aliphatic heterocycles. The Morgan fingerprint density at radius 1 is 0.632 bits per heavy atom. The molecule has 4 aromatic carbocycles. The van der Waals surface area contributed by atoms with Crippen molar-refractivity contribution in [3.63, 3.8) is 0 Å². The molecule has 1 aromatic heterocycles. The molecule has 0 saturated carbocycles. The summed E-state index contributed by atoms with van der Waals surface area (Å²) in [4.78, 5) is 3.95. The van der Waals surface area contributed by atoms with Gasteiger partial charge in [0.2, 0.25) is 0 Å². The van der Waals surface area contributed by atoms with Gasteiger partial charge in [-0.25, -0.2) is 0 Å². The van der Waals surface area contributed by atoms with Crippen LogP contribution in [0.1, 0.15) is 35.3 Å². The standard InChI is InChI=1S/C36H29NS/c1-3-11-26(12-4-1)27-21-23-30(24-22-27)37(29-14-5-2-6-15-29)31-16-9-13-28(25-31)32-18-10-19-34-33-17-7-8-20-35(33)38-36(32)34/h1-7,9-19,21,23,25H,8,20,22,24H2. The van der Waals surface area contributed by atoms with Gasteiger partial charge in [-0.05, 0) is 83.9 Å². The van der Waals surface area contributed by atoms with Crippen LogP contribution in [0.15, 0.2) is 127 Å². The van der Waals surface area contributed by atoms with Gasteiger partial charge >= 0.3 is 0 Å². The second-order valence-electron chi connectivity index (χ2n) is 10.00. The molecule has 0 atom stereocenters. The third-order valence-corrected chi connectivity index (χ3v) is 8.96. The number of anilines is 2. The van der Waals surface area contributed by atoms with Gasteiger partial charge in [-0.3, -0.25) is 0 Å². The summed E-state index contributed by atoms with van der Waals surface area (Å²) in [6.45, 7) is 0. The number of fused-ring (bicyclic) bond motifs is 3. The molecule has 1 nitrogen and oxygen atoms in total. The van der Waals surface area contributed by atoms with Gasteiger partial charge in [0.15, 0.2) is 0 Å². The van der Waals surface area contributed by atoms with E-state index in [-0.39, 0.29) is 0 Å². The molecule has 2 heteroatoms. The van der Waals surface area contributed by atoms with E-state index in [2.05, 4.69) is 132 Å². The minimum Gasteiger partial charge on any atom is -0.314 e. The van der Waals surface area contributed by atoms with Gasteiger partial charge < -0.3 is 4.90 Å². The van der Waals surface area contributed by atoms with Crippen molar-refractivity contribution in [2.24, 2.45) is 0 Å². The molecule has 7 rings (SSSR count). The van der Waals surface area contributed by atoms with Gasteiger partial charge in [0.25, 0.3) is 0 Å². The second kappa shape index (κ2) is 9.96. The zero-order valence-corrected chi connectivity index (χ0v) is 22.1. The number of nitrogens with zero attached hydrogens (tertiary/aromatic N) is 1. The number of hydrogen-bond acceptors (Lipinski definition) is 2. The molecule has 2 aliphatic carbocycles. The van der Waals surface area contributed by atoms with Crippen LogP contribution in [-0.4, -0.2) is 0 Å². The summed E-state index contributed by atoms with van der Waals surface area (Å²) >= 11 is 1.97. The van der Waals surface area contributed by atoms with Crippen LogP contribution < -0.4 is 4.90 Å². The molecule has 184 valence electrons. The lowest BCUT2D eigenvalue weighted by Crippen LogP contribution is -2.17. The first-order valence-corrected chi connectivity index (χ1v) is 14.3. The van der Waals surface area contributed by atoms with Crippen LogP contribution in [0.25, 0.3) is 32.9 Å². The smallest absolute Gasteiger partial charge is 0.0464 e. The van der Waals surface area contributed by atoms with E-state index >= 15 is 0 Å². The van der Waals surface area contributed by atoms with Gasteiger partial charge in [0, 0.05) is 32.0 Å². The van der Waals surface area contributed by atoms with Gasteiger partial charge in [0.1, 0.15) is 0 Å². The molecule has 2 aliphatic rings. The highest BCUT2D eigenvalue weighted by Crippen LogP contribution is 2.43. The van der Waals surface area contributed by atoms with Gasteiger partial charge in [-0.15, -0.1) is 11.3 Å². The van der Waals surface area contributed by atoms with E-state index in [1.807, 2.05) is 11.3 Å². The average molecular weight is 508 g/mol. The molecule has 0 amide bonds. The van der Waals surface area contributed by atoms with Crippen LogP contribution in [0, 0.1) is 0 Å². The lowest BCUT2D eigenvalue weighted by Gasteiger charge is -2.30. The maximum atomic E-state index is 2.43. The molecule has 0 spiro atoms. The van der Waals surface area contributed by atoms with Crippen LogP contribution in [0.5, 0.6) is 0 Å². The van der Waals surface area contributed by atoms with E-state index in [4.69, 9.17) is 0 Å². The van der Waals surface area contributed by atoms with Crippen molar-refractivity contribution in [2.75, 3.05) is 4.90 Å². The Labute approximate surface area is 228 Å². The molecule has 0 bridgehead atoms. The van der Waals surface area contributed by atoms with E-state index in [1.165, 1.54) is 59.9 Å². The fraction of sp³-hybridized carbons (Fsp3) is 0.111.